The summed E-state index contributed by atoms with van der Waals surface area (Å²) in [6.45, 7) is 1.97. The molecule has 1 atom stereocenters. The molecule has 0 fully saturated rings. The molecule has 0 saturated heterocycles. The van der Waals surface area contributed by atoms with Gasteiger partial charge in [-0.05, 0) is 49.6 Å². The summed E-state index contributed by atoms with van der Waals surface area (Å²) in [5.41, 5.74) is 10.1. The summed E-state index contributed by atoms with van der Waals surface area (Å²) in [5.74, 6) is -0.0418. The van der Waals surface area contributed by atoms with Crippen LogP contribution in [0.1, 0.15) is 37.7 Å². The lowest BCUT2D eigenvalue weighted by molar-refractivity contribution is -0.138. The quantitative estimate of drug-likeness (QED) is 0.738. The summed E-state index contributed by atoms with van der Waals surface area (Å²) in [6.07, 6.45) is 1.90. The van der Waals surface area contributed by atoms with Crippen LogP contribution in [-0.4, -0.2) is 25.5 Å². The van der Waals surface area contributed by atoms with E-state index in [0.29, 0.717) is 35.6 Å². The number of nitrogens with zero attached hydrogens (tertiary/aromatic N) is 1. The minimum absolute atomic E-state index is 0.0392. The van der Waals surface area contributed by atoms with Crippen molar-refractivity contribution in [2.75, 3.05) is 18.6 Å². The molecule has 6 heteroatoms. The highest BCUT2D eigenvalue weighted by Gasteiger charge is 2.43. The van der Waals surface area contributed by atoms with Crippen LogP contribution in [0, 0.1) is 0 Å². The molecule has 0 amide bonds. The van der Waals surface area contributed by atoms with Gasteiger partial charge in [-0.1, -0.05) is 30.3 Å². The molecule has 0 radical (unpaired) electrons. The van der Waals surface area contributed by atoms with E-state index in [-0.39, 0.29) is 12.4 Å². The van der Waals surface area contributed by atoms with E-state index in [1.165, 1.54) is 0 Å². The summed E-state index contributed by atoms with van der Waals surface area (Å²) < 4.78 is 10.7. The number of benzene rings is 2. The predicted octanol–water partition coefficient (Wildman–Crippen LogP) is 4.04. The van der Waals surface area contributed by atoms with Gasteiger partial charge in [-0.25, -0.2) is 4.79 Å². The molecular weight excluding hydrogens is 392 g/mol. The first-order valence-corrected chi connectivity index (χ1v) is 10.5. The number of methoxy groups -OCH3 is 1. The fourth-order valence-electron chi connectivity index (χ4n) is 4.40. The molecule has 0 saturated carbocycles. The maximum atomic E-state index is 13.2. The fraction of sp³-hybridized carbons (Fsp3) is 0.280. The first-order valence-electron chi connectivity index (χ1n) is 10.5. The lowest BCUT2D eigenvalue weighted by Crippen LogP contribution is -2.41. The summed E-state index contributed by atoms with van der Waals surface area (Å²) in [7, 11) is 1.60. The minimum Gasteiger partial charge on any atom is -0.497 e. The van der Waals surface area contributed by atoms with Crippen molar-refractivity contribution in [1.29, 1.82) is 0 Å². The maximum Gasteiger partial charge on any atom is 0.338 e. The molecule has 1 aliphatic heterocycles. The zero-order valence-electron chi connectivity index (χ0n) is 17.8. The number of nitrogens with two attached hydrogens (primary N) is 1. The molecule has 0 aromatic heterocycles. The van der Waals surface area contributed by atoms with Gasteiger partial charge in [0, 0.05) is 23.4 Å². The molecular formula is C25H26N2O4. The molecule has 31 heavy (non-hydrogen) atoms. The molecule has 2 aromatic carbocycles. The van der Waals surface area contributed by atoms with Crippen molar-refractivity contribution in [3.8, 4) is 5.75 Å². The van der Waals surface area contributed by atoms with Crippen LogP contribution in [0.3, 0.4) is 0 Å². The van der Waals surface area contributed by atoms with Crippen LogP contribution in [0.25, 0.3) is 0 Å². The molecule has 2 aliphatic rings. The third-order valence-electron chi connectivity index (χ3n) is 5.75. The van der Waals surface area contributed by atoms with Gasteiger partial charge in [-0.15, -0.1) is 0 Å². The van der Waals surface area contributed by atoms with Crippen LogP contribution in [0.15, 0.2) is 77.3 Å². The maximum absolute atomic E-state index is 13.2. The van der Waals surface area contributed by atoms with Gasteiger partial charge < -0.3 is 15.2 Å². The van der Waals surface area contributed by atoms with Crippen molar-refractivity contribution < 1.29 is 19.1 Å². The number of Topliss-reactive ketones (excluding diaryl/α,β-unsaturated/α-hetero) is 1. The topological polar surface area (TPSA) is 81.9 Å². The van der Waals surface area contributed by atoms with E-state index in [0.717, 1.165) is 23.4 Å². The Labute approximate surface area is 181 Å². The van der Waals surface area contributed by atoms with E-state index in [1.54, 1.807) is 14.0 Å². The number of anilines is 1. The monoisotopic (exact) mass is 418 g/mol. The SMILES string of the molecule is CCOC(=O)C1=C(N)N(c2ccccc2)C2=C(C(=O)CCC2)[C@@H]1c1ccc(OC)cc1. The van der Waals surface area contributed by atoms with Crippen LogP contribution in [0.4, 0.5) is 5.69 Å². The normalized spacial score (nSPS) is 18.7. The number of ketones is 1. The number of para-hydroxylation sites is 1. The van der Waals surface area contributed by atoms with Gasteiger partial charge in [-0.3, -0.25) is 9.69 Å². The van der Waals surface area contributed by atoms with Crippen molar-refractivity contribution in [1.82, 2.24) is 0 Å². The molecule has 6 nitrogen and oxygen atoms in total. The molecule has 2 aromatic rings. The van der Waals surface area contributed by atoms with Crippen LogP contribution < -0.4 is 15.4 Å². The number of carbonyl (C=O) groups excluding carboxylic acids is 2. The highest BCUT2D eigenvalue weighted by molar-refractivity contribution is 6.05. The van der Waals surface area contributed by atoms with Crippen molar-refractivity contribution in [2.24, 2.45) is 5.73 Å². The van der Waals surface area contributed by atoms with Crippen LogP contribution in [-0.2, 0) is 14.3 Å². The number of esters is 1. The lowest BCUT2D eigenvalue weighted by Gasteiger charge is -2.40. The van der Waals surface area contributed by atoms with Gasteiger partial charge in [0.1, 0.15) is 11.6 Å². The standard InChI is InChI=1S/C25H26N2O4/c1-3-31-25(29)23-21(16-12-14-18(30-2)15-13-16)22-19(10-7-11-20(22)28)27(24(23)26)17-8-5-4-6-9-17/h4-6,8-9,12-15,21H,3,7,10-11,26H2,1-2H3/t21-/m0/s1. The van der Waals surface area contributed by atoms with E-state index < -0.39 is 11.9 Å². The third kappa shape index (κ3) is 3.69. The Balaban J connectivity index is 1.96. The second kappa shape index (κ2) is 8.68. The summed E-state index contributed by atoms with van der Waals surface area (Å²) in [4.78, 5) is 28.2. The van der Waals surface area contributed by atoms with Gasteiger partial charge in [0.25, 0.3) is 0 Å². The number of carbonyl (C=O) groups is 2. The summed E-state index contributed by atoms with van der Waals surface area (Å²) in [6, 6.07) is 17.0. The van der Waals surface area contributed by atoms with Gasteiger partial charge >= 0.3 is 5.97 Å². The molecule has 2 N–H and O–H groups in total. The second-order valence-electron chi connectivity index (χ2n) is 7.53. The van der Waals surface area contributed by atoms with E-state index in [9.17, 15) is 9.59 Å². The smallest absolute Gasteiger partial charge is 0.338 e. The number of ether oxygens (including phenoxy) is 2. The first kappa shape index (κ1) is 20.7. The average Bonchev–Trinajstić information content (AvgIpc) is 2.79. The van der Waals surface area contributed by atoms with Crippen LogP contribution in [0.2, 0.25) is 0 Å². The van der Waals surface area contributed by atoms with Crippen molar-refractivity contribution in [2.45, 2.75) is 32.1 Å². The Hall–Kier alpha value is -3.54. The Morgan fingerprint density at radius 3 is 2.45 bits per heavy atom. The van der Waals surface area contributed by atoms with Crippen molar-refractivity contribution in [3.05, 3.63) is 82.8 Å². The summed E-state index contributed by atoms with van der Waals surface area (Å²) in [5, 5.41) is 0. The number of hydrogen-bond acceptors (Lipinski definition) is 6. The van der Waals surface area contributed by atoms with Gasteiger partial charge in [0.05, 0.1) is 25.2 Å². The highest BCUT2D eigenvalue weighted by Crippen LogP contribution is 2.46. The second-order valence-corrected chi connectivity index (χ2v) is 7.53. The summed E-state index contributed by atoms with van der Waals surface area (Å²) >= 11 is 0. The van der Waals surface area contributed by atoms with Crippen molar-refractivity contribution in [3.63, 3.8) is 0 Å². The zero-order valence-corrected chi connectivity index (χ0v) is 17.8. The molecule has 1 aliphatic carbocycles. The number of allylic oxidation sites excluding steroid dienone is 2. The average molecular weight is 418 g/mol. The Kier molecular flexibility index (Phi) is 5.80. The van der Waals surface area contributed by atoms with Crippen molar-refractivity contribution >= 4 is 17.4 Å². The van der Waals surface area contributed by atoms with Gasteiger partial charge in [-0.2, -0.15) is 0 Å². The van der Waals surface area contributed by atoms with Gasteiger partial charge in [0.15, 0.2) is 5.78 Å². The van der Waals surface area contributed by atoms with E-state index >= 15 is 0 Å². The Bertz CT molecular complexity index is 1050. The van der Waals surface area contributed by atoms with Gasteiger partial charge in [0.2, 0.25) is 0 Å². The largest absolute Gasteiger partial charge is 0.497 e. The molecule has 160 valence electrons. The Morgan fingerprint density at radius 1 is 1.10 bits per heavy atom. The van der Waals surface area contributed by atoms with Crippen LogP contribution >= 0.6 is 0 Å². The Morgan fingerprint density at radius 2 is 1.81 bits per heavy atom. The van der Waals surface area contributed by atoms with Crippen LogP contribution in [0.5, 0.6) is 5.75 Å². The molecule has 0 unspecified atom stereocenters. The third-order valence-corrected chi connectivity index (χ3v) is 5.75. The lowest BCUT2D eigenvalue weighted by atomic mass is 9.75. The molecule has 4 rings (SSSR count). The fourth-order valence-corrected chi connectivity index (χ4v) is 4.40. The molecule has 0 spiro atoms. The number of rotatable bonds is 5. The molecule has 0 bridgehead atoms. The van der Waals surface area contributed by atoms with E-state index in [2.05, 4.69) is 0 Å². The van der Waals surface area contributed by atoms with E-state index in [1.807, 2.05) is 59.5 Å². The highest BCUT2D eigenvalue weighted by atomic mass is 16.5. The minimum atomic E-state index is -0.576. The first-order chi connectivity index (χ1) is 15.1. The predicted molar refractivity (Wildman–Crippen MR) is 118 cm³/mol. The number of hydrogen-bond donors (Lipinski definition) is 1. The molecule has 1 heterocycles. The van der Waals surface area contributed by atoms with E-state index in [4.69, 9.17) is 15.2 Å². The zero-order chi connectivity index (χ0) is 22.0.